The second-order valence-electron chi connectivity index (χ2n) is 4.16. The zero-order chi connectivity index (χ0) is 13.7. The minimum Gasteiger partial charge on any atom is -0.497 e. The first-order valence-corrected chi connectivity index (χ1v) is 6.86. The van der Waals surface area contributed by atoms with Crippen LogP contribution in [0.2, 0.25) is 0 Å². The van der Waals surface area contributed by atoms with Crippen LogP contribution in [0.5, 0.6) is 11.5 Å². The molecule has 0 aliphatic heterocycles. The average Bonchev–Trinajstić information content (AvgIpc) is 2.93. The Morgan fingerprint density at radius 1 is 1.21 bits per heavy atom. The number of hydrogen-bond acceptors (Lipinski definition) is 5. The molecule has 5 heteroatoms. The van der Waals surface area contributed by atoms with Crippen molar-refractivity contribution in [1.29, 1.82) is 0 Å². The molecule has 0 amide bonds. The third-order valence-corrected chi connectivity index (χ3v) is 3.97. The molecule has 0 spiro atoms. The van der Waals surface area contributed by atoms with Gasteiger partial charge in [-0.1, -0.05) is 12.1 Å². The molecule has 4 nitrogen and oxygen atoms in total. The fourth-order valence-corrected chi connectivity index (χ4v) is 2.82. The summed E-state index contributed by atoms with van der Waals surface area (Å²) in [5.74, 6) is 7.38. The SMILES string of the molecule is COc1cccc(CC(NN)c2cc(OC)cs2)c1. The number of thiophene rings is 1. The van der Waals surface area contributed by atoms with Crippen molar-refractivity contribution in [3.05, 3.63) is 46.2 Å². The van der Waals surface area contributed by atoms with Crippen LogP contribution in [-0.2, 0) is 6.42 Å². The van der Waals surface area contributed by atoms with E-state index in [1.807, 2.05) is 29.6 Å². The van der Waals surface area contributed by atoms with Crippen LogP contribution in [0, 0.1) is 0 Å². The van der Waals surface area contributed by atoms with E-state index in [-0.39, 0.29) is 6.04 Å². The molecular formula is C14H18N2O2S. The highest BCUT2D eigenvalue weighted by molar-refractivity contribution is 7.10. The average molecular weight is 278 g/mol. The Labute approximate surface area is 117 Å². The van der Waals surface area contributed by atoms with E-state index >= 15 is 0 Å². The molecule has 0 saturated heterocycles. The summed E-state index contributed by atoms with van der Waals surface area (Å²) in [7, 11) is 3.33. The molecule has 0 fully saturated rings. The Hall–Kier alpha value is -1.56. The second kappa shape index (κ2) is 6.56. The van der Waals surface area contributed by atoms with Crippen molar-refractivity contribution in [2.75, 3.05) is 14.2 Å². The highest BCUT2D eigenvalue weighted by Crippen LogP contribution is 2.29. The summed E-state index contributed by atoms with van der Waals surface area (Å²) in [5, 5.41) is 1.98. The van der Waals surface area contributed by atoms with Crippen molar-refractivity contribution in [1.82, 2.24) is 5.43 Å². The van der Waals surface area contributed by atoms with Crippen LogP contribution in [0.15, 0.2) is 35.7 Å². The van der Waals surface area contributed by atoms with Gasteiger partial charge < -0.3 is 9.47 Å². The first-order chi connectivity index (χ1) is 9.26. The molecule has 1 aromatic carbocycles. The molecule has 1 unspecified atom stereocenters. The maximum atomic E-state index is 5.66. The molecular weight excluding hydrogens is 260 g/mol. The largest absolute Gasteiger partial charge is 0.497 e. The summed E-state index contributed by atoms with van der Waals surface area (Å²) in [6.45, 7) is 0. The highest BCUT2D eigenvalue weighted by Gasteiger charge is 2.13. The van der Waals surface area contributed by atoms with Crippen molar-refractivity contribution in [2.24, 2.45) is 5.84 Å². The van der Waals surface area contributed by atoms with E-state index in [1.165, 1.54) is 5.56 Å². The molecule has 0 bridgehead atoms. The number of hydrogen-bond donors (Lipinski definition) is 2. The van der Waals surface area contributed by atoms with Gasteiger partial charge >= 0.3 is 0 Å². The number of nitrogens with one attached hydrogen (secondary N) is 1. The lowest BCUT2D eigenvalue weighted by molar-refractivity contribution is 0.413. The number of rotatable bonds is 6. The monoisotopic (exact) mass is 278 g/mol. The molecule has 3 N–H and O–H groups in total. The van der Waals surface area contributed by atoms with Gasteiger partial charge in [-0.3, -0.25) is 11.3 Å². The van der Waals surface area contributed by atoms with Gasteiger partial charge in [-0.15, -0.1) is 11.3 Å². The Morgan fingerprint density at radius 2 is 2.00 bits per heavy atom. The van der Waals surface area contributed by atoms with Crippen molar-refractivity contribution >= 4 is 11.3 Å². The molecule has 19 heavy (non-hydrogen) atoms. The molecule has 2 rings (SSSR count). The summed E-state index contributed by atoms with van der Waals surface area (Å²) in [6.07, 6.45) is 0.803. The van der Waals surface area contributed by atoms with Gasteiger partial charge in [0.2, 0.25) is 0 Å². The second-order valence-corrected chi connectivity index (χ2v) is 5.11. The number of benzene rings is 1. The van der Waals surface area contributed by atoms with E-state index < -0.39 is 0 Å². The lowest BCUT2D eigenvalue weighted by Gasteiger charge is -2.14. The molecule has 2 aromatic rings. The summed E-state index contributed by atoms with van der Waals surface area (Å²) in [6, 6.07) is 10.1. The standard InChI is InChI=1S/C14H18N2O2S/c1-17-11-5-3-4-10(6-11)7-13(16-15)14-8-12(18-2)9-19-14/h3-6,8-9,13,16H,7,15H2,1-2H3. The van der Waals surface area contributed by atoms with Crippen LogP contribution in [0.25, 0.3) is 0 Å². The minimum atomic E-state index is 0.0704. The van der Waals surface area contributed by atoms with Crippen molar-refractivity contribution < 1.29 is 9.47 Å². The quantitative estimate of drug-likeness (QED) is 0.630. The summed E-state index contributed by atoms with van der Waals surface area (Å²) in [5.41, 5.74) is 4.03. The predicted octanol–water partition coefficient (Wildman–Crippen LogP) is 2.51. The van der Waals surface area contributed by atoms with Gasteiger partial charge in [0, 0.05) is 10.3 Å². The van der Waals surface area contributed by atoms with Crippen molar-refractivity contribution in [2.45, 2.75) is 12.5 Å². The van der Waals surface area contributed by atoms with E-state index in [0.717, 1.165) is 22.8 Å². The third-order valence-electron chi connectivity index (χ3n) is 2.95. The first-order valence-electron chi connectivity index (χ1n) is 5.98. The minimum absolute atomic E-state index is 0.0704. The Kier molecular flexibility index (Phi) is 4.79. The van der Waals surface area contributed by atoms with E-state index in [2.05, 4.69) is 11.5 Å². The van der Waals surface area contributed by atoms with E-state index in [9.17, 15) is 0 Å². The molecule has 102 valence electrons. The normalized spacial score (nSPS) is 12.2. The third kappa shape index (κ3) is 3.47. The van der Waals surface area contributed by atoms with Gasteiger partial charge in [-0.05, 0) is 30.2 Å². The van der Waals surface area contributed by atoms with Crippen molar-refractivity contribution in [3.8, 4) is 11.5 Å². The van der Waals surface area contributed by atoms with Crippen LogP contribution in [-0.4, -0.2) is 14.2 Å². The summed E-state index contributed by atoms with van der Waals surface area (Å²) >= 11 is 1.64. The smallest absolute Gasteiger partial charge is 0.129 e. The zero-order valence-corrected chi connectivity index (χ0v) is 11.9. The lowest BCUT2D eigenvalue weighted by atomic mass is 10.0. The van der Waals surface area contributed by atoms with Crippen LogP contribution < -0.4 is 20.7 Å². The highest BCUT2D eigenvalue weighted by atomic mass is 32.1. The van der Waals surface area contributed by atoms with Crippen LogP contribution in [0.4, 0.5) is 0 Å². The molecule has 1 aromatic heterocycles. The fraction of sp³-hybridized carbons (Fsp3) is 0.286. The van der Waals surface area contributed by atoms with Crippen LogP contribution in [0.1, 0.15) is 16.5 Å². The fourth-order valence-electron chi connectivity index (χ4n) is 1.90. The Morgan fingerprint density at radius 3 is 2.63 bits per heavy atom. The lowest BCUT2D eigenvalue weighted by Crippen LogP contribution is -2.28. The molecule has 0 aliphatic rings. The molecule has 0 saturated carbocycles. The Balaban J connectivity index is 2.13. The maximum absolute atomic E-state index is 5.66. The zero-order valence-electron chi connectivity index (χ0n) is 11.1. The van der Waals surface area contributed by atoms with Crippen LogP contribution in [0.3, 0.4) is 0 Å². The maximum Gasteiger partial charge on any atom is 0.129 e. The van der Waals surface area contributed by atoms with Gasteiger partial charge in [-0.25, -0.2) is 0 Å². The number of ether oxygens (including phenoxy) is 2. The summed E-state index contributed by atoms with van der Waals surface area (Å²) < 4.78 is 10.4. The van der Waals surface area contributed by atoms with Gasteiger partial charge in [0.05, 0.1) is 20.3 Å². The van der Waals surface area contributed by atoms with Gasteiger partial charge in [0.1, 0.15) is 11.5 Å². The summed E-state index contributed by atoms with van der Waals surface area (Å²) in [4.78, 5) is 1.15. The van der Waals surface area contributed by atoms with Crippen molar-refractivity contribution in [3.63, 3.8) is 0 Å². The van der Waals surface area contributed by atoms with Crippen LogP contribution >= 0.6 is 11.3 Å². The van der Waals surface area contributed by atoms with Gasteiger partial charge in [0.15, 0.2) is 0 Å². The topological polar surface area (TPSA) is 56.5 Å². The molecule has 0 aliphatic carbocycles. The predicted molar refractivity (Wildman–Crippen MR) is 77.6 cm³/mol. The Bertz CT molecular complexity index is 528. The van der Waals surface area contributed by atoms with E-state index in [1.54, 1.807) is 25.6 Å². The number of hydrazine groups is 1. The van der Waals surface area contributed by atoms with E-state index in [0.29, 0.717) is 0 Å². The van der Waals surface area contributed by atoms with Gasteiger partial charge in [-0.2, -0.15) is 0 Å². The first kappa shape index (κ1) is 13.9. The molecule has 1 atom stereocenters. The van der Waals surface area contributed by atoms with E-state index in [4.69, 9.17) is 15.3 Å². The molecule has 1 heterocycles. The molecule has 0 radical (unpaired) electrons. The number of methoxy groups -OCH3 is 2. The number of nitrogens with two attached hydrogens (primary N) is 1. The van der Waals surface area contributed by atoms with Gasteiger partial charge in [0.25, 0.3) is 0 Å².